The number of aliphatic carboxylic acids is 1. The monoisotopic (exact) mass is 266 g/mol. The standard InChI is InChI=1S/C15H19FO3/c16-13-8-12(9-15(17)18)6-7-14(13)19-10-11-4-2-1-3-5-11/h6-8,11H,1-5,9-10H2,(H,17,18). The highest BCUT2D eigenvalue weighted by atomic mass is 19.1. The lowest BCUT2D eigenvalue weighted by Gasteiger charge is -2.21. The molecule has 0 amide bonds. The maximum atomic E-state index is 13.7. The quantitative estimate of drug-likeness (QED) is 0.888. The van der Waals surface area contributed by atoms with E-state index < -0.39 is 11.8 Å². The topological polar surface area (TPSA) is 46.5 Å². The fourth-order valence-electron chi connectivity index (χ4n) is 2.51. The summed E-state index contributed by atoms with van der Waals surface area (Å²) in [7, 11) is 0. The van der Waals surface area contributed by atoms with Crippen LogP contribution in [0, 0.1) is 11.7 Å². The van der Waals surface area contributed by atoms with Gasteiger partial charge in [-0.25, -0.2) is 4.39 Å². The Hall–Kier alpha value is -1.58. The van der Waals surface area contributed by atoms with Crippen molar-refractivity contribution in [2.24, 2.45) is 5.92 Å². The second-order valence-electron chi connectivity index (χ2n) is 5.15. The second-order valence-corrected chi connectivity index (χ2v) is 5.15. The van der Waals surface area contributed by atoms with Crippen LogP contribution in [0.4, 0.5) is 4.39 Å². The number of carbonyl (C=O) groups is 1. The Bertz CT molecular complexity index is 439. The molecule has 1 saturated carbocycles. The van der Waals surface area contributed by atoms with Gasteiger partial charge in [-0.2, -0.15) is 0 Å². The summed E-state index contributed by atoms with van der Waals surface area (Å²) in [5, 5.41) is 8.65. The number of carboxylic acids is 1. The molecule has 0 spiro atoms. The van der Waals surface area contributed by atoms with Crippen LogP contribution >= 0.6 is 0 Å². The minimum Gasteiger partial charge on any atom is -0.490 e. The fraction of sp³-hybridized carbons (Fsp3) is 0.533. The first-order valence-electron chi connectivity index (χ1n) is 6.78. The van der Waals surface area contributed by atoms with Gasteiger partial charge in [0.15, 0.2) is 11.6 Å². The van der Waals surface area contributed by atoms with Crippen molar-refractivity contribution in [3.05, 3.63) is 29.6 Å². The Balaban J connectivity index is 1.91. The molecule has 0 unspecified atom stereocenters. The van der Waals surface area contributed by atoms with Crippen LogP contribution < -0.4 is 4.74 Å². The van der Waals surface area contributed by atoms with E-state index in [1.165, 1.54) is 31.4 Å². The van der Waals surface area contributed by atoms with Gasteiger partial charge in [-0.1, -0.05) is 25.3 Å². The molecule has 0 atom stereocenters. The van der Waals surface area contributed by atoms with Crippen LogP contribution in [0.3, 0.4) is 0 Å². The highest BCUT2D eigenvalue weighted by Crippen LogP contribution is 2.25. The summed E-state index contributed by atoms with van der Waals surface area (Å²) in [4.78, 5) is 10.5. The van der Waals surface area contributed by atoms with Gasteiger partial charge in [0.25, 0.3) is 0 Å². The molecule has 19 heavy (non-hydrogen) atoms. The normalized spacial score (nSPS) is 16.3. The van der Waals surface area contributed by atoms with Crippen molar-refractivity contribution in [3.63, 3.8) is 0 Å². The summed E-state index contributed by atoms with van der Waals surface area (Å²) in [6.45, 7) is 0.551. The summed E-state index contributed by atoms with van der Waals surface area (Å²) in [5.41, 5.74) is 0.454. The lowest BCUT2D eigenvalue weighted by molar-refractivity contribution is -0.136. The first-order chi connectivity index (χ1) is 9.15. The lowest BCUT2D eigenvalue weighted by atomic mass is 9.90. The summed E-state index contributed by atoms with van der Waals surface area (Å²) in [6, 6.07) is 4.37. The predicted molar refractivity (Wildman–Crippen MR) is 69.8 cm³/mol. The third-order valence-corrected chi connectivity index (χ3v) is 3.55. The van der Waals surface area contributed by atoms with Crippen molar-refractivity contribution in [2.75, 3.05) is 6.61 Å². The van der Waals surface area contributed by atoms with E-state index in [2.05, 4.69) is 0 Å². The van der Waals surface area contributed by atoms with Gasteiger partial charge in [0.1, 0.15) is 0 Å². The second kappa shape index (κ2) is 6.55. The first-order valence-corrected chi connectivity index (χ1v) is 6.78. The minimum absolute atomic E-state index is 0.167. The average Bonchev–Trinajstić information content (AvgIpc) is 2.38. The smallest absolute Gasteiger partial charge is 0.307 e. The molecule has 1 aliphatic carbocycles. The number of ether oxygens (including phenoxy) is 1. The molecule has 4 heteroatoms. The Morgan fingerprint density at radius 1 is 1.32 bits per heavy atom. The molecule has 1 fully saturated rings. The van der Waals surface area contributed by atoms with Crippen LogP contribution in [0.1, 0.15) is 37.7 Å². The van der Waals surface area contributed by atoms with Gasteiger partial charge < -0.3 is 9.84 Å². The predicted octanol–water partition coefficient (Wildman–Crippen LogP) is 3.41. The molecule has 0 bridgehead atoms. The maximum absolute atomic E-state index is 13.7. The Labute approximate surface area is 112 Å². The number of rotatable bonds is 5. The SMILES string of the molecule is O=C(O)Cc1ccc(OCC2CCCCC2)c(F)c1. The Morgan fingerprint density at radius 2 is 2.05 bits per heavy atom. The summed E-state index contributed by atoms with van der Waals surface area (Å²) in [6.07, 6.45) is 5.88. The van der Waals surface area contributed by atoms with E-state index in [0.717, 1.165) is 12.8 Å². The number of benzene rings is 1. The third-order valence-electron chi connectivity index (χ3n) is 3.55. The van der Waals surface area contributed by atoms with E-state index in [4.69, 9.17) is 9.84 Å². The number of carboxylic acid groups (broad SMARTS) is 1. The minimum atomic E-state index is -0.963. The lowest BCUT2D eigenvalue weighted by Crippen LogP contribution is -2.15. The van der Waals surface area contributed by atoms with Gasteiger partial charge in [0.05, 0.1) is 13.0 Å². The molecule has 0 aliphatic heterocycles. The van der Waals surface area contributed by atoms with Crippen molar-refractivity contribution in [1.29, 1.82) is 0 Å². The van der Waals surface area contributed by atoms with Crippen molar-refractivity contribution < 1.29 is 19.0 Å². The third kappa shape index (κ3) is 4.23. The molecule has 104 valence electrons. The number of halogens is 1. The van der Waals surface area contributed by atoms with E-state index in [1.807, 2.05) is 0 Å². The van der Waals surface area contributed by atoms with Gasteiger partial charge in [-0.3, -0.25) is 4.79 Å². The summed E-state index contributed by atoms with van der Waals surface area (Å²) in [5.74, 6) is -0.698. The zero-order chi connectivity index (χ0) is 13.7. The van der Waals surface area contributed by atoms with E-state index in [0.29, 0.717) is 18.1 Å². The molecule has 3 nitrogen and oxygen atoms in total. The van der Waals surface area contributed by atoms with Gasteiger partial charge >= 0.3 is 5.97 Å². The van der Waals surface area contributed by atoms with Crippen LogP contribution in [0.5, 0.6) is 5.75 Å². The van der Waals surface area contributed by atoms with Crippen molar-refractivity contribution in [3.8, 4) is 5.75 Å². The van der Waals surface area contributed by atoms with Crippen molar-refractivity contribution in [2.45, 2.75) is 38.5 Å². The molecular weight excluding hydrogens is 247 g/mol. The van der Waals surface area contributed by atoms with Crippen molar-refractivity contribution in [1.82, 2.24) is 0 Å². The molecule has 1 aromatic carbocycles. The summed E-state index contributed by atoms with van der Waals surface area (Å²) < 4.78 is 19.3. The van der Waals surface area contributed by atoms with Gasteiger partial charge in [0, 0.05) is 0 Å². The van der Waals surface area contributed by atoms with Crippen LogP contribution in [0.2, 0.25) is 0 Å². The largest absolute Gasteiger partial charge is 0.490 e. The Kier molecular flexibility index (Phi) is 4.77. The molecule has 2 rings (SSSR count). The van der Waals surface area contributed by atoms with Gasteiger partial charge in [0.2, 0.25) is 0 Å². The molecule has 0 radical (unpaired) electrons. The van der Waals surface area contributed by atoms with Crippen molar-refractivity contribution >= 4 is 5.97 Å². The molecule has 0 aromatic heterocycles. The molecule has 1 aromatic rings. The van der Waals surface area contributed by atoms with Gasteiger partial charge in [-0.15, -0.1) is 0 Å². The molecule has 1 N–H and O–H groups in total. The number of hydrogen-bond donors (Lipinski definition) is 1. The Morgan fingerprint density at radius 3 is 2.68 bits per heavy atom. The first kappa shape index (κ1) is 13.8. The maximum Gasteiger partial charge on any atom is 0.307 e. The highest BCUT2D eigenvalue weighted by Gasteiger charge is 2.15. The molecule has 0 heterocycles. The van der Waals surface area contributed by atoms with Crippen LogP contribution in [0.15, 0.2) is 18.2 Å². The molecule has 0 saturated heterocycles. The van der Waals surface area contributed by atoms with Crippen LogP contribution in [-0.2, 0) is 11.2 Å². The fourth-order valence-corrected chi connectivity index (χ4v) is 2.51. The molecule has 1 aliphatic rings. The van der Waals surface area contributed by atoms with E-state index in [9.17, 15) is 9.18 Å². The average molecular weight is 266 g/mol. The van der Waals surface area contributed by atoms with E-state index >= 15 is 0 Å². The molecular formula is C15H19FO3. The highest BCUT2D eigenvalue weighted by molar-refractivity contribution is 5.70. The summed E-state index contributed by atoms with van der Waals surface area (Å²) >= 11 is 0. The zero-order valence-electron chi connectivity index (χ0n) is 10.9. The zero-order valence-corrected chi connectivity index (χ0v) is 10.9. The van der Waals surface area contributed by atoms with Crippen LogP contribution in [-0.4, -0.2) is 17.7 Å². The van der Waals surface area contributed by atoms with E-state index in [1.54, 1.807) is 6.07 Å². The van der Waals surface area contributed by atoms with Gasteiger partial charge in [-0.05, 0) is 36.5 Å². The number of hydrogen-bond acceptors (Lipinski definition) is 2. The van der Waals surface area contributed by atoms with E-state index in [-0.39, 0.29) is 12.2 Å². The van der Waals surface area contributed by atoms with Crippen LogP contribution in [0.25, 0.3) is 0 Å².